The highest BCUT2D eigenvalue weighted by molar-refractivity contribution is 5.46. The average Bonchev–Trinajstić information content (AvgIpc) is 2.75. The lowest BCUT2D eigenvalue weighted by Crippen LogP contribution is -2.26. The highest BCUT2D eigenvalue weighted by Crippen LogP contribution is 2.40. The second-order valence-corrected chi connectivity index (χ2v) is 8.68. The highest BCUT2D eigenvalue weighted by Gasteiger charge is 2.29. The van der Waals surface area contributed by atoms with Gasteiger partial charge in [0.25, 0.3) is 0 Å². The Morgan fingerprint density at radius 2 is 1.48 bits per heavy atom. The summed E-state index contributed by atoms with van der Waals surface area (Å²) in [4.78, 5) is 0. The fourth-order valence-corrected chi connectivity index (χ4v) is 5.10. The smallest absolute Gasteiger partial charge is 0.194 e. The van der Waals surface area contributed by atoms with Gasteiger partial charge in [0.1, 0.15) is 0 Å². The summed E-state index contributed by atoms with van der Waals surface area (Å²) in [5.74, 6) is 4.44. The van der Waals surface area contributed by atoms with E-state index in [0.717, 1.165) is 48.3 Å². The number of hydrogen-bond acceptors (Lipinski definition) is 0. The first-order valence-corrected chi connectivity index (χ1v) is 10.8. The Morgan fingerprint density at radius 1 is 0.793 bits per heavy atom. The molecule has 0 bridgehead atoms. The maximum Gasteiger partial charge on any atom is 0.194 e. The summed E-state index contributed by atoms with van der Waals surface area (Å²) in [6.45, 7) is 2.31. The minimum Gasteiger partial charge on any atom is -0.204 e. The number of rotatable bonds is 2. The Kier molecular flexibility index (Phi) is 5.99. The number of benzene rings is 2. The molecule has 0 spiro atoms. The van der Waals surface area contributed by atoms with Crippen LogP contribution >= 0.6 is 0 Å². The number of hydrogen-bond donors (Lipinski definition) is 0. The molecule has 1 saturated carbocycles. The van der Waals surface area contributed by atoms with Gasteiger partial charge in [0.05, 0.1) is 0 Å². The number of fused-ring (bicyclic) bond motifs is 1. The second-order valence-electron chi connectivity index (χ2n) is 8.68. The van der Waals surface area contributed by atoms with Crippen LogP contribution in [0.25, 0.3) is 0 Å². The van der Waals surface area contributed by atoms with Crippen molar-refractivity contribution >= 4 is 0 Å². The summed E-state index contributed by atoms with van der Waals surface area (Å²) in [6.07, 6.45) is 10.3. The molecule has 1 atom stereocenters. The van der Waals surface area contributed by atoms with E-state index in [1.54, 1.807) is 0 Å². The molecule has 0 aromatic heterocycles. The predicted molar refractivity (Wildman–Crippen MR) is 110 cm³/mol. The van der Waals surface area contributed by atoms with Crippen molar-refractivity contribution in [2.75, 3.05) is 0 Å². The zero-order valence-electron chi connectivity index (χ0n) is 16.9. The van der Waals surface area contributed by atoms with Gasteiger partial charge in [0, 0.05) is 11.1 Å². The van der Waals surface area contributed by atoms with E-state index in [1.165, 1.54) is 49.7 Å². The first-order valence-electron chi connectivity index (χ1n) is 10.8. The summed E-state index contributed by atoms with van der Waals surface area (Å²) >= 11 is 0. The maximum atomic E-state index is 13.3. The molecule has 2 aliphatic carbocycles. The third-order valence-electron chi connectivity index (χ3n) is 6.94. The highest BCUT2D eigenvalue weighted by atomic mass is 19.2. The predicted octanol–water partition coefficient (Wildman–Crippen LogP) is 6.83. The first kappa shape index (κ1) is 20.1. The van der Waals surface area contributed by atoms with Crippen LogP contribution in [0.15, 0.2) is 30.3 Å². The van der Waals surface area contributed by atoms with Crippen LogP contribution in [-0.2, 0) is 12.8 Å². The molecule has 0 saturated heterocycles. The average molecular weight is 396 g/mol. The maximum absolute atomic E-state index is 13.3. The van der Waals surface area contributed by atoms with E-state index in [2.05, 4.69) is 30.9 Å². The van der Waals surface area contributed by atoms with E-state index in [9.17, 15) is 13.2 Å². The molecule has 1 unspecified atom stereocenters. The summed E-state index contributed by atoms with van der Waals surface area (Å²) < 4.78 is 39.7. The zero-order valence-corrected chi connectivity index (χ0v) is 16.9. The third-order valence-corrected chi connectivity index (χ3v) is 6.94. The van der Waals surface area contributed by atoms with Crippen LogP contribution in [0.5, 0.6) is 0 Å². The summed E-state index contributed by atoms with van der Waals surface area (Å²) in [6, 6.07) is 8.11. The summed E-state index contributed by atoms with van der Waals surface area (Å²) in [7, 11) is 0. The van der Waals surface area contributed by atoms with Crippen molar-refractivity contribution in [3.05, 3.63) is 70.0 Å². The van der Waals surface area contributed by atoms with E-state index in [0.29, 0.717) is 0 Å². The van der Waals surface area contributed by atoms with Gasteiger partial charge in [0.15, 0.2) is 17.5 Å². The number of halogens is 3. The Labute approximate surface area is 171 Å². The molecule has 0 N–H and O–H groups in total. The van der Waals surface area contributed by atoms with Gasteiger partial charge in [0.2, 0.25) is 0 Å². The van der Waals surface area contributed by atoms with E-state index < -0.39 is 17.5 Å². The molecule has 0 radical (unpaired) electrons. The Bertz CT molecular complexity index is 919. The van der Waals surface area contributed by atoms with Gasteiger partial charge >= 0.3 is 0 Å². The molecule has 0 aliphatic heterocycles. The Hall–Kier alpha value is -2.21. The molecule has 0 heterocycles. The Morgan fingerprint density at radius 3 is 2.17 bits per heavy atom. The molecule has 2 aromatic rings. The molecule has 0 amide bonds. The SMILES string of the molecule is CCC1CCC(C2CCc3cc(C#Cc4cc(F)c(F)c(F)c4)ccc3C2)CC1. The van der Waals surface area contributed by atoms with Gasteiger partial charge in [-0.2, -0.15) is 0 Å². The summed E-state index contributed by atoms with van der Waals surface area (Å²) in [5, 5.41) is 0. The molecule has 3 heteroatoms. The van der Waals surface area contributed by atoms with Crippen LogP contribution in [0.3, 0.4) is 0 Å². The largest absolute Gasteiger partial charge is 0.204 e. The minimum atomic E-state index is -1.46. The van der Waals surface area contributed by atoms with Crippen molar-refractivity contribution in [3.63, 3.8) is 0 Å². The van der Waals surface area contributed by atoms with Crippen LogP contribution in [0, 0.1) is 47.0 Å². The quantitative estimate of drug-likeness (QED) is 0.386. The zero-order chi connectivity index (χ0) is 20.4. The second kappa shape index (κ2) is 8.66. The monoisotopic (exact) mass is 396 g/mol. The molecular weight excluding hydrogens is 369 g/mol. The lowest BCUT2D eigenvalue weighted by atomic mass is 9.69. The van der Waals surface area contributed by atoms with E-state index in [4.69, 9.17) is 0 Å². The normalized spacial score (nSPS) is 23.8. The Balaban J connectivity index is 1.45. The topological polar surface area (TPSA) is 0 Å². The lowest BCUT2D eigenvalue weighted by molar-refractivity contribution is 0.187. The van der Waals surface area contributed by atoms with E-state index in [-0.39, 0.29) is 5.56 Å². The van der Waals surface area contributed by atoms with Crippen molar-refractivity contribution in [1.29, 1.82) is 0 Å². The first-order chi connectivity index (χ1) is 14.0. The molecule has 1 fully saturated rings. The fraction of sp³-hybridized carbons (Fsp3) is 0.462. The van der Waals surface area contributed by atoms with E-state index in [1.807, 2.05) is 6.07 Å². The molecule has 0 nitrogen and oxygen atoms in total. The number of aryl methyl sites for hydroxylation is 1. The van der Waals surface area contributed by atoms with Gasteiger partial charge in [-0.25, -0.2) is 13.2 Å². The van der Waals surface area contributed by atoms with Gasteiger partial charge in [-0.1, -0.05) is 44.1 Å². The van der Waals surface area contributed by atoms with Crippen molar-refractivity contribution in [3.8, 4) is 11.8 Å². The molecule has 152 valence electrons. The standard InChI is InChI=1S/C26H27F3/c1-2-17-5-8-20(9-6-17)22-12-11-21-13-18(7-10-23(21)16-22)3-4-19-14-24(27)26(29)25(28)15-19/h7,10,13-15,17,20,22H,2,5-6,8-9,11-12,16H2,1H3. The van der Waals surface area contributed by atoms with E-state index >= 15 is 0 Å². The van der Waals surface area contributed by atoms with Crippen LogP contribution < -0.4 is 0 Å². The van der Waals surface area contributed by atoms with Crippen LogP contribution in [-0.4, -0.2) is 0 Å². The van der Waals surface area contributed by atoms with Crippen molar-refractivity contribution in [1.82, 2.24) is 0 Å². The van der Waals surface area contributed by atoms with Crippen LogP contribution in [0.1, 0.15) is 67.7 Å². The van der Waals surface area contributed by atoms with Gasteiger partial charge in [-0.05, 0) is 85.3 Å². The molecular formula is C26H27F3. The van der Waals surface area contributed by atoms with Crippen molar-refractivity contribution < 1.29 is 13.2 Å². The van der Waals surface area contributed by atoms with Crippen LogP contribution in [0.2, 0.25) is 0 Å². The lowest BCUT2D eigenvalue weighted by Gasteiger charge is -2.36. The molecule has 4 rings (SSSR count). The third kappa shape index (κ3) is 4.53. The van der Waals surface area contributed by atoms with Gasteiger partial charge in [-0.15, -0.1) is 0 Å². The molecule has 2 aromatic carbocycles. The van der Waals surface area contributed by atoms with Gasteiger partial charge < -0.3 is 0 Å². The minimum absolute atomic E-state index is 0.141. The van der Waals surface area contributed by atoms with Gasteiger partial charge in [-0.3, -0.25) is 0 Å². The molecule has 2 aliphatic rings. The van der Waals surface area contributed by atoms with Crippen LogP contribution in [0.4, 0.5) is 13.2 Å². The van der Waals surface area contributed by atoms with Crippen molar-refractivity contribution in [2.45, 2.75) is 58.3 Å². The fourth-order valence-electron chi connectivity index (χ4n) is 5.10. The van der Waals surface area contributed by atoms with Crippen molar-refractivity contribution in [2.24, 2.45) is 17.8 Å². The molecule has 29 heavy (non-hydrogen) atoms. The summed E-state index contributed by atoms with van der Waals surface area (Å²) in [5.41, 5.74) is 3.73.